The van der Waals surface area contributed by atoms with Crippen LogP contribution in [0.15, 0.2) is 18.2 Å². The maximum absolute atomic E-state index is 12.9. The third kappa shape index (κ3) is 4.15. The van der Waals surface area contributed by atoms with Crippen LogP contribution in [0.2, 0.25) is 0 Å². The highest BCUT2D eigenvalue weighted by atomic mass is 19.3. The first-order valence-electron chi connectivity index (χ1n) is 6.32. The van der Waals surface area contributed by atoms with Crippen molar-refractivity contribution < 1.29 is 13.7 Å². The Balaban J connectivity index is 3.02. The molecule has 106 valence electrons. The molecule has 0 aliphatic carbocycles. The zero-order valence-corrected chi connectivity index (χ0v) is 11.0. The first kappa shape index (κ1) is 15.3. The number of rotatable bonds is 7. The Bertz CT molecular complexity index is 439. The summed E-state index contributed by atoms with van der Waals surface area (Å²) in [6.45, 7) is 4.00. The Hall–Kier alpha value is -1.72. The molecule has 0 heterocycles. The van der Waals surface area contributed by atoms with E-state index in [0.717, 1.165) is 25.3 Å². The molecule has 1 rings (SSSR count). The summed E-state index contributed by atoms with van der Waals surface area (Å²) in [5, 5.41) is 13.7. The number of nitro groups is 1. The van der Waals surface area contributed by atoms with Crippen molar-refractivity contribution in [1.82, 2.24) is 0 Å². The SMILES string of the molecule is CCCC(CC)Nc1ccc([N+](=O)[O-])cc1C(F)F. The van der Waals surface area contributed by atoms with Gasteiger partial charge in [-0.3, -0.25) is 10.1 Å². The zero-order valence-electron chi connectivity index (χ0n) is 11.0. The molecule has 1 unspecified atom stereocenters. The molecule has 0 spiro atoms. The van der Waals surface area contributed by atoms with Gasteiger partial charge in [0.2, 0.25) is 0 Å². The van der Waals surface area contributed by atoms with Crippen LogP contribution >= 0.6 is 0 Å². The number of anilines is 1. The van der Waals surface area contributed by atoms with Crippen LogP contribution in [0.3, 0.4) is 0 Å². The largest absolute Gasteiger partial charge is 0.382 e. The van der Waals surface area contributed by atoms with Crippen LogP contribution in [-0.2, 0) is 0 Å². The standard InChI is InChI=1S/C13H18F2N2O2/c1-3-5-9(4-2)16-12-7-6-10(17(18)19)8-11(12)13(14)15/h6-9,13,16H,3-5H2,1-2H3. The van der Waals surface area contributed by atoms with Crippen molar-refractivity contribution in [2.75, 3.05) is 5.32 Å². The molecular weight excluding hydrogens is 254 g/mol. The van der Waals surface area contributed by atoms with Crippen molar-refractivity contribution in [3.63, 3.8) is 0 Å². The quantitative estimate of drug-likeness (QED) is 0.586. The Morgan fingerprint density at radius 1 is 1.37 bits per heavy atom. The minimum atomic E-state index is -2.73. The van der Waals surface area contributed by atoms with Gasteiger partial charge >= 0.3 is 0 Å². The van der Waals surface area contributed by atoms with Crippen molar-refractivity contribution in [3.05, 3.63) is 33.9 Å². The van der Waals surface area contributed by atoms with E-state index in [9.17, 15) is 18.9 Å². The maximum Gasteiger partial charge on any atom is 0.270 e. The molecule has 4 nitrogen and oxygen atoms in total. The number of halogens is 2. The summed E-state index contributed by atoms with van der Waals surface area (Å²) in [7, 11) is 0. The minimum absolute atomic E-state index is 0.101. The topological polar surface area (TPSA) is 55.2 Å². The van der Waals surface area contributed by atoms with E-state index in [2.05, 4.69) is 5.32 Å². The van der Waals surface area contributed by atoms with Crippen LogP contribution in [0.1, 0.15) is 45.1 Å². The van der Waals surface area contributed by atoms with Crippen molar-refractivity contribution in [2.45, 2.75) is 45.6 Å². The summed E-state index contributed by atoms with van der Waals surface area (Å²) in [5.74, 6) is 0. The third-order valence-corrected chi connectivity index (χ3v) is 2.97. The van der Waals surface area contributed by atoms with Gasteiger partial charge in [0.1, 0.15) is 0 Å². The first-order valence-corrected chi connectivity index (χ1v) is 6.32. The van der Waals surface area contributed by atoms with E-state index in [1.807, 2.05) is 13.8 Å². The van der Waals surface area contributed by atoms with Crippen molar-refractivity contribution in [3.8, 4) is 0 Å². The molecule has 1 aromatic carbocycles. The fraction of sp³-hybridized carbons (Fsp3) is 0.538. The van der Waals surface area contributed by atoms with Crippen molar-refractivity contribution in [1.29, 1.82) is 0 Å². The molecule has 0 bridgehead atoms. The fourth-order valence-corrected chi connectivity index (χ4v) is 1.92. The Labute approximate surface area is 111 Å². The summed E-state index contributed by atoms with van der Waals surface area (Å²) >= 11 is 0. The molecule has 0 aliphatic heterocycles. The van der Waals surface area contributed by atoms with Crippen LogP contribution in [0.5, 0.6) is 0 Å². The molecule has 6 heteroatoms. The number of nitrogens with zero attached hydrogens (tertiary/aromatic N) is 1. The molecule has 0 fully saturated rings. The lowest BCUT2D eigenvalue weighted by atomic mass is 10.1. The second-order valence-corrected chi connectivity index (χ2v) is 4.37. The van der Waals surface area contributed by atoms with E-state index < -0.39 is 11.3 Å². The third-order valence-electron chi connectivity index (χ3n) is 2.97. The molecule has 1 N–H and O–H groups in total. The molecule has 0 amide bonds. The molecule has 1 atom stereocenters. The van der Waals surface area contributed by atoms with E-state index >= 15 is 0 Å². The second-order valence-electron chi connectivity index (χ2n) is 4.37. The highest BCUT2D eigenvalue weighted by Gasteiger charge is 2.19. The van der Waals surface area contributed by atoms with E-state index in [4.69, 9.17) is 0 Å². The Morgan fingerprint density at radius 2 is 2.05 bits per heavy atom. The van der Waals surface area contributed by atoms with Gasteiger partial charge in [0.15, 0.2) is 0 Å². The second kappa shape index (κ2) is 7.01. The predicted octanol–water partition coefficient (Wildman–Crippen LogP) is 4.52. The van der Waals surface area contributed by atoms with Crippen molar-refractivity contribution in [2.24, 2.45) is 0 Å². The van der Waals surface area contributed by atoms with Gasteiger partial charge in [-0.1, -0.05) is 20.3 Å². The van der Waals surface area contributed by atoms with Crippen LogP contribution in [0.25, 0.3) is 0 Å². The number of hydrogen-bond donors (Lipinski definition) is 1. The maximum atomic E-state index is 12.9. The summed E-state index contributed by atoms with van der Waals surface area (Å²) in [6, 6.07) is 3.64. The number of nitrogens with one attached hydrogen (secondary N) is 1. The molecule has 0 aliphatic rings. The van der Waals surface area contributed by atoms with E-state index in [1.54, 1.807) is 0 Å². The first-order chi connectivity index (χ1) is 8.99. The smallest absolute Gasteiger partial charge is 0.270 e. The van der Waals surface area contributed by atoms with Gasteiger partial charge in [-0.25, -0.2) is 8.78 Å². The monoisotopic (exact) mass is 272 g/mol. The molecule has 1 aromatic rings. The van der Waals surface area contributed by atoms with Crippen LogP contribution in [-0.4, -0.2) is 11.0 Å². The number of nitro benzene ring substituents is 1. The van der Waals surface area contributed by atoms with Crippen molar-refractivity contribution >= 4 is 11.4 Å². The highest BCUT2D eigenvalue weighted by Crippen LogP contribution is 2.31. The average molecular weight is 272 g/mol. The number of alkyl halides is 2. The number of non-ortho nitro benzene ring substituents is 1. The minimum Gasteiger partial charge on any atom is -0.382 e. The number of hydrogen-bond acceptors (Lipinski definition) is 3. The van der Waals surface area contributed by atoms with Gasteiger partial charge < -0.3 is 5.32 Å². The molecule has 0 radical (unpaired) electrons. The van der Waals surface area contributed by atoms with Gasteiger partial charge in [-0.2, -0.15) is 0 Å². The van der Waals surface area contributed by atoms with Crippen LogP contribution < -0.4 is 5.32 Å². The van der Waals surface area contributed by atoms with Gasteiger partial charge in [-0.15, -0.1) is 0 Å². The fourth-order valence-electron chi connectivity index (χ4n) is 1.92. The zero-order chi connectivity index (χ0) is 14.4. The molecule has 0 saturated heterocycles. The Kier molecular flexibility index (Phi) is 5.66. The lowest BCUT2D eigenvalue weighted by Crippen LogP contribution is -2.19. The van der Waals surface area contributed by atoms with E-state index in [0.29, 0.717) is 0 Å². The normalized spacial score (nSPS) is 12.5. The van der Waals surface area contributed by atoms with Crippen LogP contribution in [0, 0.1) is 10.1 Å². The summed E-state index contributed by atoms with van der Waals surface area (Å²) < 4.78 is 25.9. The Morgan fingerprint density at radius 3 is 2.53 bits per heavy atom. The van der Waals surface area contributed by atoms with Gasteiger partial charge in [0.05, 0.1) is 4.92 Å². The summed E-state index contributed by atoms with van der Waals surface area (Å²) in [4.78, 5) is 9.94. The predicted molar refractivity (Wildman–Crippen MR) is 70.7 cm³/mol. The summed E-state index contributed by atoms with van der Waals surface area (Å²) in [6.07, 6.45) is -0.104. The van der Waals surface area contributed by atoms with Gasteiger partial charge in [0.25, 0.3) is 12.1 Å². The van der Waals surface area contributed by atoms with Gasteiger partial charge in [0, 0.05) is 29.4 Å². The highest BCUT2D eigenvalue weighted by molar-refractivity contribution is 5.57. The molecular formula is C13H18F2N2O2. The number of benzene rings is 1. The lowest BCUT2D eigenvalue weighted by Gasteiger charge is -2.19. The van der Waals surface area contributed by atoms with E-state index in [1.165, 1.54) is 12.1 Å². The molecule has 19 heavy (non-hydrogen) atoms. The summed E-state index contributed by atoms with van der Waals surface area (Å²) in [5.41, 5.74) is -0.353. The van der Waals surface area contributed by atoms with Crippen LogP contribution in [0.4, 0.5) is 20.2 Å². The van der Waals surface area contributed by atoms with Gasteiger partial charge in [-0.05, 0) is 18.9 Å². The molecule has 0 aromatic heterocycles. The average Bonchev–Trinajstić information content (AvgIpc) is 2.37. The van der Waals surface area contributed by atoms with E-state index in [-0.39, 0.29) is 23.0 Å². The molecule has 0 saturated carbocycles. The lowest BCUT2D eigenvalue weighted by molar-refractivity contribution is -0.385.